The highest BCUT2D eigenvalue weighted by molar-refractivity contribution is 6.03. The molecule has 290 valence electrons. The van der Waals surface area contributed by atoms with Crippen molar-refractivity contribution in [1.82, 2.24) is 4.90 Å². The van der Waals surface area contributed by atoms with Crippen LogP contribution in [-0.2, 0) is 20.9 Å². The van der Waals surface area contributed by atoms with E-state index >= 15 is 0 Å². The van der Waals surface area contributed by atoms with Crippen molar-refractivity contribution >= 4 is 11.8 Å². The van der Waals surface area contributed by atoms with Crippen molar-refractivity contribution in [1.29, 1.82) is 0 Å². The summed E-state index contributed by atoms with van der Waals surface area (Å²) in [7, 11) is 0. The molecule has 0 aromatic heterocycles. The number of aliphatic hydroxyl groups excluding tert-OH is 2. The van der Waals surface area contributed by atoms with Crippen LogP contribution in [0.15, 0.2) is 78.0 Å². The van der Waals surface area contributed by atoms with Gasteiger partial charge in [0.1, 0.15) is 24.1 Å². The van der Waals surface area contributed by atoms with E-state index in [1.807, 2.05) is 58.0 Å². The predicted octanol–water partition coefficient (Wildman–Crippen LogP) is 8.12. The second-order valence-electron chi connectivity index (χ2n) is 15.9. The molecule has 53 heavy (non-hydrogen) atoms. The maximum atomic E-state index is 14.3. The number of aliphatic hydroxyl groups is 2. The van der Waals surface area contributed by atoms with E-state index in [0.717, 1.165) is 48.1 Å². The van der Waals surface area contributed by atoms with E-state index in [1.165, 1.54) is 0 Å². The zero-order valence-corrected chi connectivity index (χ0v) is 32.0. The Morgan fingerprint density at radius 3 is 2.49 bits per heavy atom. The Kier molecular flexibility index (Phi) is 14.0. The van der Waals surface area contributed by atoms with Crippen LogP contribution < -0.4 is 4.74 Å². The normalized spacial score (nSPS) is 25.4. The Bertz CT molecular complexity index is 1570. The lowest BCUT2D eigenvalue weighted by molar-refractivity contribution is -0.255. The fraction of sp³-hybridized carbons (Fsp3) is 0.581. The number of amides is 1. The van der Waals surface area contributed by atoms with Crippen LogP contribution >= 0.6 is 0 Å². The first-order chi connectivity index (χ1) is 25.6. The molecule has 1 heterocycles. The molecule has 2 aliphatic carbocycles. The van der Waals surface area contributed by atoms with Gasteiger partial charge in [-0.05, 0) is 78.7 Å². The first-order valence-electron chi connectivity index (χ1n) is 19.4. The largest absolute Gasteiger partial charge is 0.508 e. The number of carbonyl (C=O) groups is 1. The molecule has 0 spiro atoms. The summed E-state index contributed by atoms with van der Waals surface area (Å²) in [6.45, 7) is 13.4. The van der Waals surface area contributed by atoms with Gasteiger partial charge in [-0.15, -0.1) is 6.58 Å². The summed E-state index contributed by atoms with van der Waals surface area (Å²) in [4.78, 5) is 22.1. The van der Waals surface area contributed by atoms with E-state index in [1.54, 1.807) is 29.2 Å². The third-order valence-corrected chi connectivity index (χ3v) is 10.6. The van der Waals surface area contributed by atoms with Crippen LogP contribution in [-0.4, -0.2) is 76.8 Å². The monoisotopic (exact) mass is 732 g/mol. The minimum absolute atomic E-state index is 0.0721. The predicted molar refractivity (Wildman–Crippen MR) is 206 cm³/mol. The molecule has 0 saturated heterocycles. The van der Waals surface area contributed by atoms with Crippen molar-refractivity contribution in [2.75, 3.05) is 33.0 Å². The molecule has 6 atom stereocenters. The van der Waals surface area contributed by atoms with Crippen LogP contribution in [0.3, 0.4) is 0 Å². The number of aromatic hydroxyl groups is 1. The maximum Gasteiger partial charge on any atom is 0.410 e. The molecular weight excluding hydrogens is 672 g/mol. The number of phenolic OH excluding ortho intramolecular Hbond substituents is 1. The van der Waals surface area contributed by atoms with Gasteiger partial charge in [-0.3, -0.25) is 4.90 Å². The van der Waals surface area contributed by atoms with E-state index in [0.29, 0.717) is 31.6 Å². The van der Waals surface area contributed by atoms with Crippen LogP contribution in [0, 0.1) is 23.2 Å². The molecule has 0 unspecified atom stereocenters. The van der Waals surface area contributed by atoms with Crippen molar-refractivity contribution in [3.63, 3.8) is 0 Å². The van der Waals surface area contributed by atoms with Crippen LogP contribution in [0.4, 0.5) is 4.79 Å². The highest BCUT2D eigenvalue weighted by atomic mass is 16.7. The Balaban J connectivity index is 1.73. The fourth-order valence-electron chi connectivity index (χ4n) is 8.39. The number of carbonyl (C=O) groups excluding carboxylic acids is 1. The average Bonchev–Trinajstić information content (AvgIpc) is 3.14. The van der Waals surface area contributed by atoms with Crippen molar-refractivity contribution in [3.05, 3.63) is 84.0 Å². The van der Waals surface area contributed by atoms with Crippen molar-refractivity contribution < 1.29 is 39.2 Å². The SMILES string of the molecule is C=CCO[C@@]12Oc3ccc(O)cc3[C@H]3[C@H](CCCCO)[C@@H](CCCCO)C=C(C(=NOCc4ccccc4)C[C@@H]1N(CCC)C(=O)OCC(C)(C)C)[C@H]32. The number of unbranched alkanes of at least 4 members (excludes halogenated alkanes) is 2. The number of fused-ring (bicyclic) bond motifs is 2. The molecule has 1 aliphatic heterocycles. The zero-order chi connectivity index (χ0) is 38.0. The summed E-state index contributed by atoms with van der Waals surface area (Å²) in [5.74, 6) is -1.11. The fourth-order valence-corrected chi connectivity index (χ4v) is 8.39. The average molecular weight is 733 g/mol. The van der Waals surface area contributed by atoms with Gasteiger partial charge in [-0.1, -0.05) is 88.2 Å². The minimum Gasteiger partial charge on any atom is -0.508 e. The van der Waals surface area contributed by atoms with Crippen molar-refractivity contribution in [3.8, 4) is 11.5 Å². The van der Waals surface area contributed by atoms with E-state index in [2.05, 4.69) is 12.7 Å². The number of benzene rings is 2. The number of oxime groups is 1. The summed E-state index contributed by atoms with van der Waals surface area (Å²) in [5, 5.41) is 35.3. The minimum atomic E-state index is -1.37. The van der Waals surface area contributed by atoms with Crippen LogP contribution in [0.2, 0.25) is 0 Å². The lowest BCUT2D eigenvalue weighted by Crippen LogP contribution is -2.70. The molecule has 5 rings (SSSR count). The number of hydrogen-bond donors (Lipinski definition) is 3. The Labute approximate surface area is 315 Å². The molecule has 1 saturated carbocycles. The smallest absolute Gasteiger partial charge is 0.410 e. The number of rotatable bonds is 18. The summed E-state index contributed by atoms with van der Waals surface area (Å²) in [6.07, 6.45) is 9.20. The van der Waals surface area contributed by atoms with Gasteiger partial charge in [0.15, 0.2) is 0 Å². The number of phenols is 1. The number of ether oxygens (including phenoxy) is 3. The Hall–Kier alpha value is -3.86. The second-order valence-corrected chi connectivity index (χ2v) is 15.9. The maximum absolute atomic E-state index is 14.3. The van der Waals surface area contributed by atoms with Gasteiger partial charge in [0.2, 0.25) is 5.79 Å². The summed E-state index contributed by atoms with van der Waals surface area (Å²) >= 11 is 0. The zero-order valence-electron chi connectivity index (χ0n) is 32.0. The van der Waals surface area contributed by atoms with Gasteiger partial charge in [-0.25, -0.2) is 4.79 Å². The summed E-state index contributed by atoms with van der Waals surface area (Å²) in [6, 6.07) is 14.5. The Morgan fingerprint density at radius 1 is 1.08 bits per heavy atom. The molecule has 1 fully saturated rings. The number of nitrogens with zero attached hydrogens (tertiary/aromatic N) is 2. The molecule has 1 amide bonds. The Morgan fingerprint density at radius 2 is 1.81 bits per heavy atom. The molecule has 10 nitrogen and oxygen atoms in total. The van der Waals surface area contributed by atoms with Gasteiger partial charge in [-0.2, -0.15) is 0 Å². The van der Waals surface area contributed by atoms with Crippen molar-refractivity contribution in [2.24, 2.45) is 28.3 Å². The molecule has 0 radical (unpaired) electrons. The molecular formula is C43H60N2O8. The molecule has 3 N–H and O–H groups in total. The quantitative estimate of drug-likeness (QED) is 0.0796. The lowest BCUT2D eigenvalue weighted by atomic mass is 9.55. The first-order valence-corrected chi connectivity index (χ1v) is 19.4. The van der Waals surface area contributed by atoms with E-state index in [9.17, 15) is 20.1 Å². The molecule has 3 aliphatic rings. The van der Waals surface area contributed by atoms with Gasteiger partial charge in [0.25, 0.3) is 0 Å². The van der Waals surface area contributed by atoms with Crippen molar-refractivity contribution in [2.45, 2.75) is 103 Å². The van der Waals surface area contributed by atoms with Crippen LogP contribution in [0.1, 0.15) is 96.1 Å². The van der Waals surface area contributed by atoms with E-state index in [4.69, 9.17) is 24.2 Å². The highest BCUT2D eigenvalue weighted by Gasteiger charge is 2.65. The molecule has 10 heteroatoms. The first kappa shape index (κ1) is 40.3. The van der Waals surface area contributed by atoms with Crippen LogP contribution in [0.5, 0.6) is 11.5 Å². The van der Waals surface area contributed by atoms with Gasteiger partial charge in [0, 0.05) is 37.7 Å². The van der Waals surface area contributed by atoms with Crippen LogP contribution in [0.25, 0.3) is 0 Å². The molecule has 0 bridgehead atoms. The van der Waals surface area contributed by atoms with Gasteiger partial charge >= 0.3 is 6.09 Å². The van der Waals surface area contributed by atoms with Gasteiger partial charge < -0.3 is 34.4 Å². The topological polar surface area (TPSA) is 130 Å². The summed E-state index contributed by atoms with van der Waals surface area (Å²) in [5.41, 5.74) is 3.29. The van der Waals surface area contributed by atoms with E-state index in [-0.39, 0.29) is 68.4 Å². The third kappa shape index (κ3) is 9.45. The summed E-state index contributed by atoms with van der Waals surface area (Å²) < 4.78 is 20.1. The highest BCUT2D eigenvalue weighted by Crippen LogP contribution is 2.62. The standard InChI is InChI=1S/C43H60N2O8/c1-6-21-45(41(49)50-29-42(3,4)5)38-27-36(44-52-28-30-15-9-8-10-16-30)34-25-31(17-11-13-22-46)33(18-12-14-23-47)39-35-26-32(48)19-20-37(35)53-43(38,40(34)39)51-24-7-2/h7-10,15-16,19-20,25-26,31,33,38-40,46-48H,2,6,11-14,17-18,21-24,27-29H2,1,3-5H3/t31-,33+,38-,39+,40+,43+/m0/s1. The van der Waals surface area contributed by atoms with E-state index < -0.39 is 23.8 Å². The van der Waals surface area contributed by atoms with Gasteiger partial charge in [0.05, 0.1) is 24.8 Å². The molecule has 2 aromatic carbocycles. The molecule has 2 aromatic rings. The third-order valence-electron chi connectivity index (χ3n) is 10.6. The second kappa shape index (κ2) is 18.5. The number of hydrogen-bond acceptors (Lipinski definition) is 9. The number of allylic oxidation sites excluding steroid dienone is 1. The lowest BCUT2D eigenvalue weighted by Gasteiger charge is -2.59.